The summed E-state index contributed by atoms with van der Waals surface area (Å²) in [6.07, 6.45) is 1.09. The summed E-state index contributed by atoms with van der Waals surface area (Å²) in [5.74, 6) is 1.08. The predicted molar refractivity (Wildman–Crippen MR) is 84.1 cm³/mol. The Morgan fingerprint density at radius 2 is 2.30 bits per heavy atom. The van der Waals surface area contributed by atoms with Crippen LogP contribution in [0.2, 0.25) is 0 Å². The molecule has 0 amide bonds. The van der Waals surface area contributed by atoms with Crippen molar-refractivity contribution in [2.75, 3.05) is 30.3 Å². The van der Waals surface area contributed by atoms with Gasteiger partial charge in [0.2, 0.25) is 5.95 Å². The van der Waals surface area contributed by atoms with Crippen molar-refractivity contribution in [3.8, 4) is 0 Å². The number of piperazine rings is 1. The molecule has 0 radical (unpaired) electrons. The van der Waals surface area contributed by atoms with Gasteiger partial charge in [0.15, 0.2) is 0 Å². The Kier molecular flexibility index (Phi) is 3.53. The fourth-order valence-electron chi connectivity index (χ4n) is 2.93. The first kappa shape index (κ1) is 13.2. The largest absolute Gasteiger partial charge is 0.399 e. The van der Waals surface area contributed by atoms with Crippen LogP contribution in [0.25, 0.3) is 11.0 Å². The summed E-state index contributed by atoms with van der Waals surface area (Å²) in [4.78, 5) is 7.26. The Hall–Kier alpha value is -1.75. The van der Waals surface area contributed by atoms with E-state index in [1.165, 1.54) is 0 Å². The topological polar surface area (TPSA) is 59.1 Å². The monoisotopic (exact) mass is 273 g/mol. The number of anilines is 2. The Balaban J connectivity index is 2.10. The van der Waals surface area contributed by atoms with Gasteiger partial charge < -0.3 is 20.5 Å². The van der Waals surface area contributed by atoms with Crippen molar-refractivity contribution in [3.63, 3.8) is 0 Å². The van der Waals surface area contributed by atoms with Gasteiger partial charge in [-0.15, -0.1) is 0 Å². The van der Waals surface area contributed by atoms with Crippen LogP contribution in [0.3, 0.4) is 0 Å². The maximum absolute atomic E-state index is 5.94. The number of aryl methyl sites for hydroxylation is 1. The molecular formula is C15H23N5. The molecule has 2 heterocycles. The first-order chi connectivity index (χ1) is 9.70. The zero-order valence-electron chi connectivity index (χ0n) is 12.3. The lowest BCUT2D eigenvalue weighted by Crippen LogP contribution is -2.50. The van der Waals surface area contributed by atoms with Crippen molar-refractivity contribution < 1.29 is 0 Å². The van der Waals surface area contributed by atoms with Crippen molar-refractivity contribution in [1.82, 2.24) is 14.9 Å². The lowest BCUT2D eigenvalue weighted by Gasteiger charge is -2.35. The van der Waals surface area contributed by atoms with Crippen molar-refractivity contribution in [1.29, 1.82) is 0 Å². The Morgan fingerprint density at radius 3 is 3.05 bits per heavy atom. The molecule has 3 N–H and O–H groups in total. The minimum Gasteiger partial charge on any atom is -0.399 e. The van der Waals surface area contributed by atoms with E-state index in [4.69, 9.17) is 10.7 Å². The van der Waals surface area contributed by atoms with Crippen LogP contribution in [-0.2, 0) is 6.54 Å². The number of nitrogens with zero attached hydrogens (tertiary/aromatic N) is 3. The first-order valence-electron chi connectivity index (χ1n) is 7.44. The highest BCUT2D eigenvalue weighted by atomic mass is 15.3. The summed E-state index contributed by atoms with van der Waals surface area (Å²) in [6, 6.07) is 6.45. The Morgan fingerprint density at radius 1 is 1.45 bits per heavy atom. The highest BCUT2D eigenvalue weighted by molar-refractivity contribution is 5.82. The zero-order valence-corrected chi connectivity index (χ0v) is 12.3. The van der Waals surface area contributed by atoms with Gasteiger partial charge in [0.25, 0.3) is 0 Å². The minimum absolute atomic E-state index is 0.466. The summed E-state index contributed by atoms with van der Waals surface area (Å²) < 4.78 is 2.31. The number of nitrogen functional groups attached to an aromatic ring is 1. The molecule has 1 aromatic heterocycles. The summed E-state index contributed by atoms with van der Waals surface area (Å²) in [6.45, 7) is 8.45. The number of hydrogen-bond acceptors (Lipinski definition) is 4. The quantitative estimate of drug-likeness (QED) is 0.838. The molecule has 0 saturated carbocycles. The fourth-order valence-corrected chi connectivity index (χ4v) is 2.93. The average Bonchev–Trinajstić information content (AvgIpc) is 2.78. The van der Waals surface area contributed by atoms with Gasteiger partial charge in [-0.2, -0.15) is 0 Å². The number of imidazole rings is 1. The molecule has 5 nitrogen and oxygen atoms in total. The fraction of sp³-hybridized carbons (Fsp3) is 0.533. The van der Waals surface area contributed by atoms with E-state index >= 15 is 0 Å². The van der Waals surface area contributed by atoms with Crippen LogP contribution in [0.5, 0.6) is 0 Å². The number of rotatable bonds is 3. The van der Waals surface area contributed by atoms with E-state index in [0.717, 1.165) is 55.3 Å². The van der Waals surface area contributed by atoms with Crippen molar-refractivity contribution in [2.24, 2.45) is 0 Å². The van der Waals surface area contributed by atoms with Gasteiger partial charge in [0, 0.05) is 37.9 Å². The third-order valence-corrected chi connectivity index (χ3v) is 3.96. The maximum atomic E-state index is 5.94. The Bertz CT molecular complexity index is 604. The number of hydrogen-bond donors (Lipinski definition) is 2. The average molecular weight is 273 g/mol. The molecule has 0 aliphatic carbocycles. The molecule has 0 bridgehead atoms. The maximum Gasteiger partial charge on any atom is 0.206 e. The lowest BCUT2D eigenvalue weighted by atomic mass is 10.2. The van der Waals surface area contributed by atoms with Crippen LogP contribution >= 0.6 is 0 Å². The second-order valence-electron chi connectivity index (χ2n) is 5.56. The second kappa shape index (κ2) is 5.32. The van der Waals surface area contributed by atoms with E-state index < -0.39 is 0 Å². The number of nitrogens with one attached hydrogen (secondary N) is 1. The standard InChI is InChI=1S/C15H23N5/c1-3-7-20-14-9-12(16)4-5-13(14)18-15(20)19-8-6-17-10-11(19)2/h4-5,9,11,17H,3,6-8,10,16H2,1-2H3. The molecule has 1 fully saturated rings. The van der Waals surface area contributed by atoms with Crippen molar-refractivity contribution >= 4 is 22.7 Å². The second-order valence-corrected chi connectivity index (χ2v) is 5.56. The number of aromatic nitrogens is 2. The van der Waals surface area contributed by atoms with Crippen LogP contribution < -0.4 is 16.0 Å². The molecule has 1 saturated heterocycles. The molecule has 1 aromatic carbocycles. The van der Waals surface area contributed by atoms with Gasteiger partial charge in [-0.1, -0.05) is 6.92 Å². The van der Waals surface area contributed by atoms with Crippen LogP contribution in [0.1, 0.15) is 20.3 Å². The third-order valence-electron chi connectivity index (χ3n) is 3.96. The van der Waals surface area contributed by atoms with E-state index in [2.05, 4.69) is 28.6 Å². The van der Waals surface area contributed by atoms with E-state index in [1.54, 1.807) is 0 Å². The number of nitrogens with two attached hydrogens (primary N) is 1. The Labute approximate surface area is 119 Å². The summed E-state index contributed by atoms with van der Waals surface area (Å²) in [5, 5.41) is 3.43. The summed E-state index contributed by atoms with van der Waals surface area (Å²) in [5.41, 5.74) is 8.92. The number of fused-ring (bicyclic) bond motifs is 1. The number of benzene rings is 1. The smallest absolute Gasteiger partial charge is 0.206 e. The van der Waals surface area contributed by atoms with Crippen LogP contribution in [0, 0.1) is 0 Å². The van der Waals surface area contributed by atoms with Gasteiger partial charge in [0.05, 0.1) is 11.0 Å². The van der Waals surface area contributed by atoms with Crippen LogP contribution in [0.4, 0.5) is 11.6 Å². The van der Waals surface area contributed by atoms with Gasteiger partial charge in [-0.3, -0.25) is 0 Å². The molecular weight excluding hydrogens is 250 g/mol. The van der Waals surface area contributed by atoms with Crippen LogP contribution in [-0.4, -0.2) is 35.2 Å². The lowest BCUT2D eigenvalue weighted by molar-refractivity contribution is 0.485. The molecule has 3 rings (SSSR count). The van der Waals surface area contributed by atoms with E-state index in [1.807, 2.05) is 18.2 Å². The minimum atomic E-state index is 0.466. The summed E-state index contributed by atoms with van der Waals surface area (Å²) in [7, 11) is 0. The van der Waals surface area contributed by atoms with E-state index in [-0.39, 0.29) is 0 Å². The SMILES string of the molecule is CCCn1c(N2CCNCC2C)nc2ccc(N)cc21. The third kappa shape index (κ3) is 2.22. The van der Waals surface area contributed by atoms with Crippen LogP contribution in [0.15, 0.2) is 18.2 Å². The molecule has 1 unspecified atom stereocenters. The molecule has 20 heavy (non-hydrogen) atoms. The first-order valence-corrected chi connectivity index (χ1v) is 7.44. The molecule has 1 atom stereocenters. The molecule has 2 aromatic rings. The van der Waals surface area contributed by atoms with Gasteiger partial charge in [-0.05, 0) is 31.5 Å². The normalized spacial score (nSPS) is 19.7. The van der Waals surface area contributed by atoms with Gasteiger partial charge >= 0.3 is 0 Å². The molecule has 108 valence electrons. The van der Waals surface area contributed by atoms with E-state index in [9.17, 15) is 0 Å². The van der Waals surface area contributed by atoms with Gasteiger partial charge in [0.1, 0.15) is 0 Å². The predicted octanol–water partition coefficient (Wildman–Crippen LogP) is 1.83. The zero-order chi connectivity index (χ0) is 14.1. The van der Waals surface area contributed by atoms with Crippen molar-refractivity contribution in [3.05, 3.63) is 18.2 Å². The molecule has 1 aliphatic rings. The van der Waals surface area contributed by atoms with Gasteiger partial charge in [-0.25, -0.2) is 4.98 Å². The highest BCUT2D eigenvalue weighted by Gasteiger charge is 2.23. The molecule has 1 aliphatic heterocycles. The van der Waals surface area contributed by atoms with Crippen molar-refractivity contribution in [2.45, 2.75) is 32.9 Å². The highest BCUT2D eigenvalue weighted by Crippen LogP contribution is 2.26. The summed E-state index contributed by atoms with van der Waals surface area (Å²) >= 11 is 0. The molecule has 0 spiro atoms. The van der Waals surface area contributed by atoms with E-state index in [0.29, 0.717) is 6.04 Å². The molecule has 5 heteroatoms.